The Kier molecular flexibility index (Phi) is 5.10. The van der Waals surface area contributed by atoms with Gasteiger partial charge in [-0.05, 0) is 56.7 Å². The highest BCUT2D eigenvalue weighted by Gasteiger charge is 2.20. The highest BCUT2D eigenvalue weighted by molar-refractivity contribution is 5.91. The summed E-state index contributed by atoms with van der Waals surface area (Å²) in [6, 6.07) is 16.4. The molecule has 2 heterocycles. The van der Waals surface area contributed by atoms with Crippen LogP contribution in [0.2, 0.25) is 0 Å². The van der Waals surface area contributed by atoms with Crippen LogP contribution in [0, 0.1) is 20.8 Å². The lowest BCUT2D eigenvalue weighted by Gasteiger charge is -2.13. The van der Waals surface area contributed by atoms with Gasteiger partial charge in [0.25, 0.3) is 5.56 Å². The summed E-state index contributed by atoms with van der Waals surface area (Å²) >= 11 is 0. The number of nitrogens with zero attached hydrogens (tertiary/aromatic N) is 3. The fourth-order valence-electron chi connectivity index (χ4n) is 3.72. The molecule has 0 spiro atoms. The summed E-state index contributed by atoms with van der Waals surface area (Å²) in [7, 11) is 1.78. The highest BCUT2D eigenvalue weighted by atomic mass is 16.2. The summed E-state index contributed by atoms with van der Waals surface area (Å²) in [5.74, 6) is -0.344. The third kappa shape index (κ3) is 3.70. The van der Waals surface area contributed by atoms with E-state index < -0.39 is 11.2 Å². The van der Waals surface area contributed by atoms with Gasteiger partial charge in [-0.3, -0.25) is 14.2 Å². The molecule has 0 saturated heterocycles. The minimum absolute atomic E-state index is 0.210. The molecule has 31 heavy (non-hydrogen) atoms. The normalized spacial score (nSPS) is 11.1. The van der Waals surface area contributed by atoms with E-state index in [1.807, 2.05) is 51.1 Å². The molecule has 0 radical (unpaired) electrons. The highest BCUT2D eigenvalue weighted by Crippen LogP contribution is 2.16. The molecule has 0 aliphatic heterocycles. The number of benzene rings is 2. The number of nitrogens with one attached hydrogen (secondary N) is 1. The van der Waals surface area contributed by atoms with Crippen molar-refractivity contribution >= 4 is 22.6 Å². The number of aryl methyl sites for hydroxylation is 4. The summed E-state index contributed by atoms with van der Waals surface area (Å²) in [5, 5.41) is 2.82. The Morgan fingerprint density at radius 3 is 2.32 bits per heavy atom. The third-order valence-electron chi connectivity index (χ3n) is 5.47. The van der Waals surface area contributed by atoms with Crippen LogP contribution in [-0.2, 0) is 18.4 Å². The molecule has 7 heteroatoms. The summed E-state index contributed by atoms with van der Waals surface area (Å²) in [6.07, 6.45) is 0. The number of rotatable bonds is 4. The maximum Gasteiger partial charge on any atom is 0.336 e. The summed E-state index contributed by atoms with van der Waals surface area (Å²) < 4.78 is 4.24. The number of aromatic nitrogens is 3. The van der Waals surface area contributed by atoms with E-state index in [1.165, 1.54) is 4.57 Å². The Morgan fingerprint density at radius 2 is 1.65 bits per heavy atom. The Labute approximate surface area is 179 Å². The zero-order valence-electron chi connectivity index (χ0n) is 18.0. The average Bonchev–Trinajstić information content (AvgIpc) is 3.02. The summed E-state index contributed by atoms with van der Waals surface area (Å²) in [6.45, 7) is 5.51. The second-order valence-corrected chi connectivity index (χ2v) is 7.84. The van der Waals surface area contributed by atoms with Crippen molar-refractivity contribution in [3.05, 3.63) is 92.3 Å². The molecular weight excluding hydrogens is 392 g/mol. The molecule has 1 N–H and O–H groups in total. The first-order chi connectivity index (χ1) is 14.8. The molecule has 0 aliphatic rings. The monoisotopic (exact) mass is 416 g/mol. The molecule has 0 aliphatic carbocycles. The third-order valence-corrected chi connectivity index (χ3v) is 5.47. The number of hydrogen-bond donors (Lipinski definition) is 1. The van der Waals surface area contributed by atoms with Gasteiger partial charge in [-0.1, -0.05) is 29.8 Å². The lowest BCUT2D eigenvalue weighted by Crippen LogP contribution is -2.41. The van der Waals surface area contributed by atoms with Crippen LogP contribution in [0.1, 0.15) is 16.8 Å². The summed E-state index contributed by atoms with van der Waals surface area (Å²) in [4.78, 5) is 39.5. The standard InChI is InChI=1S/C24H24N4O3/c1-15-8-10-18(11-9-15)25-21(29)14-27-20-13-17(3)26(4)22(20)23(30)28(24(27)31)19-7-5-6-16(2)12-19/h5-13H,14H2,1-4H3,(H,25,29). The van der Waals surface area contributed by atoms with Crippen molar-refractivity contribution in [1.82, 2.24) is 13.7 Å². The molecule has 1 amide bonds. The van der Waals surface area contributed by atoms with E-state index in [2.05, 4.69) is 5.32 Å². The number of hydrogen-bond acceptors (Lipinski definition) is 3. The van der Waals surface area contributed by atoms with E-state index in [-0.39, 0.29) is 12.5 Å². The molecule has 158 valence electrons. The predicted molar refractivity (Wildman–Crippen MR) is 122 cm³/mol. The van der Waals surface area contributed by atoms with Crippen molar-refractivity contribution < 1.29 is 4.79 Å². The number of fused-ring (bicyclic) bond motifs is 1. The SMILES string of the molecule is Cc1ccc(NC(=O)Cn2c(=O)n(-c3cccc(C)c3)c(=O)c3c2cc(C)n3C)cc1. The van der Waals surface area contributed by atoms with Crippen molar-refractivity contribution in [1.29, 1.82) is 0 Å². The molecule has 0 bridgehead atoms. The first-order valence-corrected chi connectivity index (χ1v) is 10.0. The van der Waals surface area contributed by atoms with Gasteiger partial charge in [-0.15, -0.1) is 0 Å². The van der Waals surface area contributed by atoms with E-state index in [9.17, 15) is 14.4 Å². The van der Waals surface area contributed by atoms with Gasteiger partial charge < -0.3 is 9.88 Å². The second kappa shape index (κ2) is 7.75. The van der Waals surface area contributed by atoms with Crippen LogP contribution in [0.15, 0.2) is 64.2 Å². The van der Waals surface area contributed by atoms with Crippen LogP contribution in [0.5, 0.6) is 0 Å². The zero-order valence-corrected chi connectivity index (χ0v) is 18.0. The molecule has 4 aromatic rings. The Balaban J connectivity index is 1.87. The predicted octanol–water partition coefficient (Wildman–Crippen LogP) is 3.05. The maximum atomic E-state index is 13.4. The first-order valence-electron chi connectivity index (χ1n) is 10.0. The molecule has 7 nitrogen and oxygen atoms in total. The van der Waals surface area contributed by atoms with Crippen LogP contribution in [0.3, 0.4) is 0 Å². The smallest absolute Gasteiger partial charge is 0.336 e. The quantitative estimate of drug-likeness (QED) is 0.555. The first kappa shape index (κ1) is 20.4. The number of anilines is 1. The number of carbonyl (C=O) groups is 1. The van der Waals surface area contributed by atoms with E-state index in [4.69, 9.17) is 0 Å². The molecular formula is C24H24N4O3. The lowest BCUT2D eigenvalue weighted by molar-refractivity contribution is -0.116. The van der Waals surface area contributed by atoms with E-state index >= 15 is 0 Å². The van der Waals surface area contributed by atoms with Gasteiger partial charge in [0, 0.05) is 18.4 Å². The van der Waals surface area contributed by atoms with Crippen molar-refractivity contribution in [2.24, 2.45) is 7.05 Å². The number of amides is 1. The zero-order chi connectivity index (χ0) is 22.3. The van der Waals surface area contributed by atoms with E-state index in [0.29, 0.717) is 22.4 Å². The largest absolute Gasteiger partial charge is 0.342 e. The van der Waals surface area contributed by atoms with Gasteiger partial charge in [0.15, 0.2) is 0 Å². The molecule has 0 fully saturated rings. The van der Waals surface area contributed by atoms with E-state index in [0.717, 1.165) is 21.4 Å². The van der Waals surface area contributed by atoms with Crippen LogP contribution < -0.4 is 16.6 Å². The van der Waals surface area contributed by atoms with Crippen molar-refractivity contribution in [2.45, 2.75) is 27.3 Å². The van der Waals surface area contributed by atoms with Crippen molar-refractivity contribution in [3.8, 4) is 5.69 Å². The van der Waals surface area contributed by atoms with Gasteiger partial charge in [-0.25, -0.2) is 9.36 Å². The molecule has 0 unspecified atom stereocenters. The van der Waals surface area contributed by atoms with Gasteiger partial charge in [0.1, 0.15) is 12.1 Å². The fraction of sp³-hybridized carbons (Fsp3) is 0.208. The van der Waals surface area contributed by atoms with Crippen LogP contribution in [0.25, 0.3) is 16.7 Å². The summed E-state index contributed by atoms with van der Waals surface area (Å²) in [5.41, 5.74) is 3.82. The average molecular weight is 416 g/mol. The fourth-order valence-corrected chi connectivity index (χ4v) is 3.72. The van der Waals surface area contributed by atoms with Gasteiger partial charge in [0.2, 0.25) is 5.91 Å². The van der Waals surface area contributed by atoms with E-state index in [1.54, 1.807) is 35.9 Å². The van der Waals surface area contributed by atoms with Crippen molar-refractivity contribution in [3.63, 3.8) is 0 Å². The van der Waals surface area contributed by atoms with Gasteiger partial charge in [-0.2, -0.15) is 0 Å². The minimum Gasteiger partial charge on any atom is -0.342 e. The molecule has 2 aromatic carbocycles. The lowest BCUT2D eigenvalue weighted by atomic mass is 10.2. The second-order valence-electron chi connectivity index (χ2n) is 7.84. The maximum absolute atomic E-state index is 13.4. The number of carbonyl (C=O) groups excluding carboxylic acids is 1. The Bertz CT molecular complexity index is 1420. The van der Waals surface area contributed by atoms with Crippen LogP contribution >= 0.6 is 0 Å². The Morgan fingerprint density at radius 1 is 0.935 bits per heavy atom. The van der Waals surface area contributed by atoms with Crippen LogP contribution in [0.4, 0.5) is 5.69 Å². The van der Waals surface area contributed by atoms with Gasteiger partial charge in [0.05, 0.1) is 11.2 Å². The minimum atomic E-state index is -0.548. The molecule has 2 aromatic heterocycles. The molecule has 0 atom stereocenters. The Hall–Kier alpha value is -3.87. The topological polar surface area (TPSA) is 78.0 Å². The van der Waals surface area contributed by atoms with Gasteiger partial charge >= 0.3 is 5.69 Å². The van der Waals surface area contributed by atoms with Crippen LogP contribution in [-0.4, -0.2) is 19.6 Å². The molecule has 4 rings (SSSR count). The molecule has 0 saturated carbocycles. The van der Waals surface area contributed by atoms with Crippen molar-refractivity contribution in [2.75, 3.05) is 5.32 Å².